The molecule has 3 rings (SSSR count). The number of thiocarbonyl (C=S) groups is 1. The molecule has 0 bridgehead atoms. The summed E-state index contributed by atoms with van der Waals surface area (Å²) in [6.45, 7) is 7.45. The summed E-state index contributed by atoms with van der Waals surface area (Å²) in [5.41, 5.74) is 3.39. The number of hydrogen-bond donors (Lipinski definition) is 1. The summed E-state index contributed by atoms with van der Waals surface area (Å²) in [4.78, 5) is 14.4. The Labute approximate surface area is 176 Å². The average molecular weight is 415 g/mol. The predicted octanol–water partition coefficient (Wildman–Crippen LogP) is 2.83. The molecule has 1 N–H and O–H groups in total. The molecule has 0 atom stereocenters. The van der Waals surface area contributed by atoms with E-state index in [1.807, 2.05) is 46.0 Å². The Hall–Kier alpha value is -2.87. The zero-order chi connectivity index (χ0) is 21.0. The van der Waals surface area contributed by atoms with Crippen LogP contribution < -0.4 is 14.8 Å². The predicted molar refractivity (Wildman–Crippen MR) is 116 cm³/mol. The number of rotatable bonds is 8. The maximum absolute atomic E-state index is 12.8. The third-order valence-electron chi connectivity index (χ3n) is 4.77. The Bertz CT molecular complexity index is 951. The fourth-order valence-corrected chi connectivity index (χ4v) is 3.36. The molecule has 0 unspecified atom stereocenters. The van der Waals surface area contributed by atoms with Crippen LogP contribution in [0.15, 0.2) is 30.1 Å². The van der Waals surface area contributed by atoms with Crippen LogP contribution in [0.25, 0.3) is 6.08 Å². The molecule has 1 saturated heterocycles. The highest BCUT2D eigenvalue weighted by molar-refractivity contribution is 7.80. The molecule has 0 saturated carbocycles. The molecule has 1 amide bonds. The van der Waals surface area contributed by atoms with Crippen LogP contribution in [-0.2, 0) is 18.3 Å². The number of benzene rings is 1. The van der Waals surface area contributed by atoms with Crippen LogP contribution in [0.2, 0.25) is 0 Å². The van der Waals surface area contributed by atoms with Crippen LogP contribution in [0.5, 0.6) is 11.5 Å². The standard InChI is InChI=1S/C21H26N4O3S/c1-5-27-18-8-7-15(11-19(18)28-6-2)9-10-25-20(26)17(23-21(25)29)12-16-13-22-24(4)14(16)3/h7-8,11-13H,5-6,9-10H2,1-4H3,(H,23,29)/b17-12+. The number of hydrogen-bond acceptors (Lipinski definition) is 5. The van der Waals surface area contributed by atoms with Crippen molar-refractivity contribution in [3.05, 3.63) is 46.9 Å². The van der Waals surface area contributed by atoms with Gasteiger partial charge in [-0.2, -0.15) is 5.10 Å². The minimum Gasteiger partial charge on any atom is -0.490 e. The first-order chi connectivity index (χ1) is 13.9. The second-order valence-electron chi connectivity index (χ2n) is 6.65. The van der Waals surface area contributed by atoms with E-state index in [1.165, 1.54) is 0 Å². The Morgan fingerprint density at radius 3 is 2.59 bits per heavy atom. The largest absolute Gasteiger partial charge is 0.490 e. The van der Waals surface area contributed by atoms with Gasteiger partial charge in [-0.05, 0) is 63.2 Å². The second kappa shape index (κ2) is 9.09. The highest BCUT2D eigenvalue weighted by Crippen LogP contribution is 2.29. The molecule has 1 aromatic carbocycles. The molecule has 0 radical (unpaired) electrons. The van der Waals surface area contributed by atoms with E-state index in [1.54, 1.807) is 21.9 Å². The summed E-state index contributed by atoms with van der Waals surface area (Å²) in [6, 6.07) is 5.85. The molecule has 0 spiro atoms. The van der Waals surface area contributed by atoms with Gasteiger partial charge in [0.15, 0.2) is 16.6 Å². The smallest absolute Gasteiger partial charge is 0.276 e. The van der Waals surface area contributed by atoms with E-state index in [0.717, 1.165) is 22.6 Å². The van der Waals surface area contributed by atoms with Crippen LogP contribution in [0.3, 0.4) is 0 Å². The summed E-state index contributed by atoms with van der Waals surface area (Å²) < 4.78 is 13.1. The Morgan fingerprint density at radius 1 is 1.21 bits per heavy atom. The van der Waals surface area contributed by atoms with Crippen LogP contribution in [0.4, 0.5) is 0 Å². The molecule has 0 aliphatic carbocycles. The monoisotopic (exact) mass is 414 g/mol. The fourth-order valence-electron chi connectivity index (χ4n) is 3.08. The van der Waals surface area contributed by atoms with Gasteiger partial charge in [-0.3, -0.25) is 14.4 Å². The quantitative estimate of drug-likeness (QED) is 0.529. The summed E-state index contributed by atoms with van der Waals surface area (Å²) in [5, 5.41) is 7.64. The summed E-state index contributed by atoms with van der Waals surface area (Å²) in [6.07, 6.45) is 4.18. The number of carbonyl (C=O) groups is 1. The first kappa shape index (κ1) is 20.9. The Kier molecular flexibility index (Phi) is 6.53. The van der Waals surface area contributed by atoms with E-state index >= 15 is 0 Å². The lowest BCUT2D eigenvalue weighted by Gasteiger charge is -2.15. The topological polar surface area (TPSA) is 68.6 Å². The Balaban J connectivity index is 1.71. The normalized spacial score (nSPS) is 15.2. The second-order valence-corrected chi connectivity index (χ2v) is 7.04. The third kappa shape index (κ3) is 4.59. The van der Waals surface area contributed by atoms with Crippen molar-refractivity contribution in [2.75, 3.05) is 19.8 Å². The van der Waals surface area contributed by atoms with Crippen molar-refractivity contribution in [3.8, 4) is 11.5 Å². The number of nitrogens with zero attached hydrogens (tertiary/aromatic N) is 3. The molecule has 1 aliphatic heterocycles. The molecule has 29 heavy (non-hydrogen) atoms. The van der Waals surface area contributed by atoms with Crippen LogP contribution >= 0.6 is 12.2 Å². The minimum absolute atomic E-state index is 0.130. The van der Waals surface area contributed by atoms with E-state index in [4.69, 9.17) is 21.7 Å². The molecule has 2 heterocycles. The van der Waals surface area contributed by atoms with E-state index in [9.17, 15) is 4.79 Å². The number of carbonyl (C=O) groups excluding carboxylic acids is 1. The molecule has 2 aromatic rings. The van der Waals surface area contributed by atoms with Gasteiger partial charge in [0.2, 0.25) is 0 Å². The van der Waals surface area contributed by atoms with Gasteiger partial charge in [0.1, 0.15) is 5.70 Å². The lowest BCUT2D eigenvalue weighted by molar-refractivity contribution is -0.122. The summed E-state index contributed by atoms with van der Waals surface area (Å²) >= 11 is 5.37. The van der Waals surface area contributed by atoms with Crippen molar-refractivity contribution in [3.63, 3.8) is 0 Å². The van der Waals surface area contributed by atoms with Crippen molar-refractivity contribution in [2.45, 2.75) is 27.2 Å². The highest BCUT2D eigenvalue weighted by Gasteiger charge is 2.30. The molecule has 1 fully saturated rings. The number of ether oxygens (including phenoxy) is 2. The number of nitrogens with one attached hydrogen (secondary N) is 1. The van der Waals surface area contributed by atoms with Gasteiger partial charge in [0.25, 0.3) is 5.91 Å². The highest BCUT2D eigenvalue weighted by atomic mass is 32.1. The third-order valence-corrected chi connectivity index (χ3v) is 5.09. The van der Waals surface area contributed by atoms with Crippen molar-refractivity contribution in [1.29, 1.82) is 0 Å². The molecule has 1 aromatic heterocycles. The lowest BCUT2D eigenvalue weighted by atomic mass is 10.1. The minimum atomic E-state index is -0.130. The van der Waals surface area contributed by atoms with Crippen LogP contribution in [0.1, 0.15) is 30.7 Å². The van der Waals surface area contributed by atoms with E-state index < -0.39 is 0 Å². The van der Waals surface area contributed by atoms with Gasteiger partial charge in [-0.25, -0.2) is 0 Å². The van der Waals surface area contributed by atoms with Gasteiger partial charge in [-0.15, -0.1) is 0 Å². The van der Waals surface area contributed by atoms with Crippen molar-refractivity contribution >= 4 is 29.3 Å². The van der Waals surface area contributed by atoms with Crippen molar-refractivity contribution < 1.29 is 14.3 Å². The fraction of sp³-hybridized carbons (Fsp3) is 0.381. The van der Waals surface area contributed by atoms with Crippen LogP contribution in [0, 0.1) is 6.92 Å². The van der Waals surface area contributed by atoms with Crippen molar-refractivity contribution in [1.82, 2.24) is 20.0 Å². The first-order valence-electron chi connectivity index (χ1n) is 9.66. The molecule has 7 nitrogen and oxygen atoms in total. The Morgan fingerprint density at radius 2 is 1.93 bits per heavy atom. The molecule has 154 valence electrons. The average Bonchev–Trinajstić information content (AvgIpc) is 3.15. The van der Waals surface area contributed by atoms with Gasteiger partial charge in [0.05, 0.1) is 19.4 Å². The number of amides is 1. The van der Waals surface area contributed by atoms with E-state index in [0.29, 0.717) is 42.7 Å². The van der Waals surface area contributed by atoms with E-state index in [-0.39, 0.29) is 5.91 Å². The van der Waals surface area contributed by atoms with Crippen molar-refractivity contribution in [2.24, 2.45) is 7.05 Å². The molecular weight excluding hydrogens is 388 g/mol. The van der Waals surface area contributed by atoms with Gasteiger partial charge in [-0.1, -0.05) is 6.07 Å². The van der Waals surface area contributed by atoms with Gasteiger partial charge < -0.3 is 14.8 Å². The summed E-state index contributed by atoms with van der Waals surface area (Å²) in [7, 11) is 1.87. The molecular formula is C21H26N4O3S. The zero-order valence-corrected chi connectivity index (χ0v) is 18.0. The van der Waals surface area contributed by atoms with Crippen LogP contribution in [-0.4, -0.2) is 45.5 Å². The number of aryl methyl sites for hydroxylation is 1. The molecule has 8 heteroatoms. The first-order valence-corrected chi connectivity index (χ1v) is 10.1. The van der Waals surface area contributed by atoms with Gasteiger partial charge in [0, 0.05) is 24.8 Å². The maximum atomic E-state index is 12.8. The van der Waals surface area contributed by atoms with E-state index in [2.05, 4.69) is 10.4 Å². The number of aromatic nitrogens is 2. The summed E-state index contributed by atoms with van der Waals surface area (Å²) in [5.74, 6) is 1.31. The SMILES string of the molecule is CCOc1ccc(CCN2C(=O)/C(=C\c3cnn(C)c3C)NC2=S)cc1OCC. The maximum Gasteiger partial charge on any atom is 0.276 e. The van der Waals surface area contributed by atoms with Gasteiger partial charge >= 0.3 is 0 Å². The zero-order valence-electron chi connectivity index (χ0n) is 17.2. The molecule has 1 aliphatic rings. The lowest BCUT2D eigenvalue weighted by Crippen LogP contribution is -2.32.